The van der Waals surface area contributed by atoms with Gasteiger partial charge >= 0.3 is 0 Å². The van der Waals surface area contributed by atoms with Crippen molar-refractivity contribution < 1.29 is 4.74 Å². The van der Waals surface area contributed by atoms with Crippen molar-refractivity contribution in [1.82, 2.24) is 9.36 Å². The van der Waals surface area contributed by atoms with Crippen LogP contribution in [0.5, 0.6) is 5.75 Å². The van der Waals surface area contributed by atoms with Gasteiger partial charge in [-0.25, -0.2) is 0 Å². The van der Waals surface area contributed by atoms with E-state index in [9.17, 15) is 0 Å². The van der Waals surface area contributed by atoms with Crippen molar-refractivity contribution in [2.45, 2.75) is 0 Å². The molecule has 0 spiro atoms. The normalized spacial score (nSPS) is 14.6. The molecule has 2 aromatic carbocycles. The minimum absolute atomic E-state index is 0.813. The molecule has 1 aliphatic rings. The zero-order chi connectivity index (χ0) is 17.1. The third-order valence-electron chi connectivity index (χ3n) is 4.42. The molecule has 25 heavy (non-hydrogen) atoms. The number of piperazine rings is 1. The number of aromatic nitrogens is 2. The monoisotopic (exact) mass is 352 g/mol. The first-order chi connectivity index (χ1) is 12.3. The predicted molar refractivity (Wildman–Crippen MR) is 103 cm³/mol. The second-order valence-electron chi connectivity index (χ2n) is 5.91. The van der Waals surface area contributed by atoms with Gasteiger partial charge in [0.15, 0.2) is 5.82 Å². The number of para-hydroxylation sites is 2. The highest BCUT2D eigenvalue weighted by Crippen LogP contribution is 2.30. The molecule has 5 nitrogen and oxygen atoms in total. The van der Waals surface area contributed by atoms with Gasteiger partial charge in [-0.2, -0.15) is 9.36 Å². The van der Waals surface area contributed by atoms with Crippen LogP contribution in [0.25, 0.3) is 11.4 Å². The van der Waals surface area contributed by atoms with Crippen LogP contribution in [0.15, 0.2) is 54.6 Å². The molecule has 0 atom stereocenters. The molecule has 0 bridgehead atoms. The number of ether oxygens (including phenoxy) is 1. The number of hydrogen-bond acceptors (Lipinski definition) is 6. The van der Waals surface area contributed by atoms with Gasteiger partial charge in [-0.1, -0.05) is 42.5 Å². The Hall–Kier alpha value is -2.60. The molecule has 0 amide bonds. The van der Waals surface area contributed by atoms with Crippen molar-refractivity contribution in [2.24, 2.45) is 0 Å². The minimum Gasteiger partial charge on any atom is -0.495 e. The topological polar surface area (TPSA) is 41.5 Å². The molecule has 3 aromatic rings. The van der Waals surface area contributed by atoms with E-state index in [1.165, 1.54) is 11.5 Å². The number of benzene rings is 2. The van der Waals surface area contributed by atoms with Gasteiger partial charge in [0.2, 0.25) is 5.13 Å². The highest BCUT2D eigenvalue weighted by molar-refractivity contribution is 7.09. The Labute approximate surface area is 151 Å². The minimum atomic E-state index is 0.813. The van der Waals surface area contributed by atoms with Crippen molar-refractivity contribution in [3.63, 3.8) is 0 Å². The molecule has 1 aliphatic heterocycles. The Morgan fingerprint density at radius 1 is 0.880 bits per heavy atom. The first-order valence-electron chi connectivity index (χ1n) is 8.37. The van der Waals surface area contributed by atoms with E-state index in [4.69, 9.17) is 9.72 Å². The number of nitrogens with zero attached hydrogens (tertiary/aromatic N) is 4. The standard InChI is InChI=1S/C19H20N4OS/c1-24-17-10-6-5-9-16(17)22-11-13-23(14-12-22)19-20-18(21-25-19)15-7-3-2-4-8-15/h2-10H,11-14H2,1H3. The largest absolute Gasteiger partial charge is 0.495 e. The molecule has 6 heteroatoms. The molecule has 0 aliphatic carbocycles. The summed E-state index contributed by atoms with van der Waals surface area (Å²) in [5.74, 6) is 1.74. The first-order valence-corrected chi connectivity index (χ1v) is 9.14. The molecule has 0 saturated carbocycles. The van der Waals surface area contributed by atoms with E-state index in [2.05, 4.69) is 26.3 Å². The fourth-order valence-electron chi connectivity index (χ4n) is 3.08. The molecular formula is C19H20N4OS. The first kappa shape index (κ1) is 15.9. The average Bonchev–Trinajstić information content (AvgIpc) is 3.19. The van der Waals surface area contributed by atoms with E-state index in [-0.39, 0.29) is 0 Å². The van der Waals surface area contributed by atoms with Gasteiger partial charge in [0.05, 0.1) is 12.8 Å². The van der Waals surface area contributed by atoms with Gasteiger partial charge < -0.3 is 14.5 Å². The Bertz CT molecular complexity index is 828. The second-order valence-corrected chi connectivity index (χ2v) is 6.64. The van der Waals surface area contributed by atoms with Crippen molar-refractivity contribution in [3.05, 3.63) is 54.6 Å². The molecule has 0 radical (unpaired) electrons. The molecule has 1 aromatic heterocycles. The van der Waals surface area contributed by atoms with E-state index >= 15 is 0 Å². The highest BCUT2D eigenvalue weighted by Gasteiger charge is 2.22. The number of rotatable bonds is 4. The lowest BCUT2D eigenvalue weighted by molar-refractivity contribution is 0.413. The zero-order valence-corrected chi connectivity index (χ0v) is 14.9. The molecular weight excluding hydrogens is 332 g/mol. The summed E-state index contributed by atoms with van der Waals surface area (Å²) >= 11 is 1.48. The summed E-state index contributed by atoms with van der Waals surface area (Å²) in [6.07, 6.45) is 0. The number of anilines is 2. The van der Waals surface area contributed by atoms with Crippen LogP contribution in [0.3, 0.4) is 0 Å². The van der Waals surface area contributed by atoms with Crippen LogP contribution in [-0.4, -0.2) is 42.6 Å². The van der Waals surface area contributed by atoms with E-state index in [1.54, 1.807) is 7.11 Å². The van der Waals surface area contributed by atoms with Crippen LogP contribution in [-0.2, 0) is 0 Å². The fraction of sp³-hybridized carbons (Fsp3) is 0.263. The van der Waals surface area contributed by atoms with E-state index < -0.39 is 0 Å². The lowest BCUT2D eigenvalue weighted by atomic mass is 10.2. The maximum atomic E-state index is 5.49. The van der Waals surface area contributed by atoms with Gasteiger partial charge in [0.1, 0.15) is 5.75 Å². The summed E-state index contributed by atoms with van der Waals surface area (Å²) in [6, 6.07) is 18.3. The molecule has 0 N–H and O–H groups in total. The van der Waals surface area contributed by atoms with Gasteiger partial charge in [-0.3, -0.25) is 0 Å². The summed E-state index contributed by atoms with van der Waals surface area (Å²) in [4.78, 5) is 9.41. The third-order valence-corrected chi connectivity index (χ3v) is 5.20. The summed E-state index contributed by atoms with van der Waals surface area (Å²) < 4.78 is 10.0. The quantitative estimate of drug-likeness (QED) is 0.718. The summed E-state index contributed by atoms with van der Waals surface area (Å²) in [5.41, 5.74) is 2.23. The molecule has 1 saturated heterocycles. The second kappa shape index (κ2) is 7.11. The molecule has 0 unspecified atom stereocenters. The summed E-state index contributed by atoms with van der Waals surface area (Å²) in [5, 5.41) is 0.999. The van der Waals surface area contributed by atoms with Crippen molar-refractivity contribution >= 4 is 22.4 Å². The Morgan fingerprint density at radius 2 is 1.56 bits per heavy atom. The van der Waals surface area contributed by atoms with Crippen molar-refractivity contribution in [2.75, 3.05) is 43.1 Å². The van der Waals surface area contributed by atoms with Gasteiger partial charge in [0.25, 0.3) is 0 Å². The van der Waals surface area contributed by atoms with E-state index in [0.29, 0.717) is 0 Å². The molecule has 4 rings (SSSR count). The van der Waals surface area contributed by atoms with Crippen molar-refractivity contribution in [3.8, 4) is 17.1 Å². The molecule has 128 valence electrons. The maximum absolute atomic E-state index is 5.49. The fourth-order valence-corrected chi connectivity index (χ4v) is 3.82. The Balaban J connectivity index is 1.45. The average molecular weight is 352 g/mol. The van der Waals surface area contributed by atoms with E-state index in [0.717, 1.165) is 54.1 Å². The van der Waals surface area contributed by atoms with Crippen molar-refractivity contribution in [1.29, 1.82) is 0 Å². The lowest BCUT2D eigenvalue weighted by Gasteiger charge is -2.36. The Morgan fingerprint density at radius 3 is 2.32 bits per heavy atom. The SMILES string of the molecule is COc1ccccc1N1CCN(c2nc(-c3ccccc3)ns2)CC1. The van der Waals surface area contributed by atoms with Gasteiger partial charge in [-0.15, -0.1) is 0 Å². The van der Waals surface area contributed by atoms with Crippen LogP contribution >= 0.6 is 11.5 Å². The number of hydrogen-bond donors (Lipinski definition) is 0. The van der Waals surface area contributed by atoms with Crippen LogP contribution in [0.2, 0.25) is 0 Å². The van der Waals surface area contributed by atoms with Gasteiger partial charge in [-0.05, 0) is 12.1 Å². The summed E-state index contributed by atoms with van der Waals surface area (Å²) in [6.45, 7) is 3.75. The zero-order valence-electron chi connectivity index (χ0n) is 14.1. The summed E-state index contributed by atoms with van der Waals surface area (Å²) in [7, 11) is 1.72. The third kappa shape index (κ3) is 3.30. The lowest BCUT2D eigenvalue weighted by Crippen LogP contribution is -2.46. The van der Waals surface area contributed by atoms with Gasteiger partial charge in [0, 0.05) is 43.3 Å². The smallest absolute Gasteiger partial charge is 0.205 e. The van der Waals surface area contributed by atoms with Crippen LogP contribution in [0, 0.1) is 0 Å². The number of methoxy groups -OCH3 is 1. The molecule has 1 fully saturated rings. The Kier molecular flexibility index (Phi) is 4.52. The van der Waals surface area contributed by atoms with Crippen LogP contribution < -0.4 is 14.5 Å². The van der Waals surface area contributed by atoms with E-state index in [1.807, 2.05) is 42.5 Å². The van der Waals surface area contributed by atoms with Crippen LogP contribution in [0.1, 0.15) is 0 Å². The molecule has 2 heterocycles. The van der Waals surface area contributed by atoms with Crippen LogP contribution in [0.4, 0.5) is 10.8 Å². The highest BCUT2D eigenvalue weighted by atomic mass is 32.1. The predicted octanol–water partition coefficient (Wildman–Crippen LogP) is 3.54. The maximum Gasteiger partial charge on any atom is 0.205 e.